The lowest BCUT2D eigenvalue weighted by atomic mass is 9.81. The molecule has 2 aliphatic rings. The minimum absolute atomic E-state index is 0.144. The van der Waals surface area contributed by atoms with Crippen molar-refractivity contribution in [3.63, 3.8) is 0 Å². The largest absolute Gasteiger partial charge is 0.456 e. The van der Waals surface area contributed by atoms with E-state index >= 15 is 0 Å². The predicted molar refractivity (Wildman–Crippen MR) is 236 cm³/mol. The summed E-state index contributed by atoms with van der Waals surface area (Å²) in [6.45, 7) is 9.41. The van der Waals surface area contributed by atoms with Gasteiger partial charge >= 0.3 is 0 Å². The molecule has 3 nitrogen and oxygen atoms in total. The third-order valence-electron chi connectivity index (χ3n) is 13.1. The first-order valence-corrected chi connectivity index (χ1v) is 19.9. The maximum atomic E-state index is 7.14. The second-order valence-electron chi connectivity index (χ2n) is 16.9. The average molecular weight is 734 g/mol. The van der Waals surface area contributed by atoms with Crippen LogP contribution in [0.2, 0.25) is 0 Å². The highest BCUT2D eigenvalue weighted by Gasteiger charge is 2.38. The molecule has 2 aliphatic carbocycles. The minimum Gasteiger partial charge on any atom is -0.456 e. The maximum Gasteiger partial charge on any atom is 0.145 e. The van der Waals surface area contributed by atoms with Crippen molar-refractivity contribution in [3.05, 3.63) is 186 Å². The van der Waals surface area contributed by atoms with Gasteiger partial charge in [0.1, 0.15) is 22.3 Å². The minimum atomic E-state index is -0.161. The summed E-state index contributed by atoms with van der Waals surface area (Å²) < 4.78 is 13.5. The van der Waals surface area contributed by atoms with E-state index < -0.39 is 0 Å². The molecule has 0 bridgehead atoms. The Bertz CT molecular complexity index is 3300. The van der Waals surface area contributed by atoms with Crippen molar-refractivity contribution in [2.75, 3.05) is 4.90 Å². The topological polar surface area (TPSA) is 29.5 Å². The van der Waals surface area contributed by atoms with E-state index in [1.165, 1.54) is 44.5 Å². The zero-order chi connectivity index (χ0) is 38.2. The zero-order valence-electron chi connectivity index (χ0n) is 32.4. The van der Waals surface area contributed by atoms with Gasteiger partial charge in [0.2, 0.25) is 0 Å². The molecule has 8 aromatic carbocycles. The van der Waals surface area contributed by atoms with Gasteiger partial charge in [-0.25, -0.2) is 0 Å². The van der Waals surface area contributed by atoms with E-state index in [2.05, 4.69) is 184 Å². The molecule has 0 N–H and O–H groups in total. The predicted octanol–water partition coefficient (Wildman–Crippen LogP) is 15.2. The average Bonchev–Trinajstić information content (AvgIpc) is 3.94. The standard InChI is InChI=1S/C54H39NO2/c1-53(2)41-19-11-8-16-35(41)37-24-22-32(30-43(37)53)49-45(27-26-40-51-48(57-52(40)49)29-28-47-50(51)39-18-10-13-21-46(39)56-47)55(33-14-6-5-7-15-33)34-23-25-38-36-17-9-12-20-42(36)54(3,4)44(38)31-34/h5-31H,1-4H3. The first kappa shape index (κ1) is 32.4. The van der Waals surface area contributed by atoms with Crippen molar-refractivity contribution in [1.29, 1.82) is 0 Å². The van der Waals surface area contributed by atoms with E-state index in [1.54, 1.807) is 0 Å². The Morgan fingerprint density at radius 2 is 0.982 bits per heavy atom. The van der Waals surface area contributed by atoms with E-state index in [4.69, 9.17) is 8.83 Å². The third kappa shape index (κ3) is 4.37. The number of benzene rings is 8. The van der Waals surface area contributed by atoms with E-state index in [0.717, 1.165) is 72.1 Å². The fraction of sp³-hybridized carbons (Fsp3) is 0.111. The molecule has 2 aromatic heterocycles. The molecule has 0 radical (unpaired) electrons. The summed E-state index contributed by atoms with van der Waals surface area (Å²) in [6, 6.07) is 59.6. The van der Waals surface area contributed by atoms with Gasteiger partial charge in [-0.2, -0.15) is 0 Å². The van der Waals surface area contributed by atoms with E-state index in [-0.39, 0.29) is 10.8 Å². The molecule has 57 heavy (non-hydrogen) atoms. The quantitative estimate of drug-likeness (QED) is 0.180. The Morgan fingerprint density at radius 1 is 0.404 bits per heavy atom. The molecular formula is C54H39NO2. The second kappa shape index (κ2) is 11.4. The van der Waals surface area contributed by atoms with Crippen LogP contribution in [0.5, 0.6) is 0 Å². The zero-order valence-corrected chi connectivity index (χ0v) is 32.4. The molecule has 0 spiro atoms. The van der Waals surface area contributed by atoms with Gasteiger partial charge in [-0.15, -0.1) is 0 Å². The Morgan fingerprint density at radius 3 is 1.72 bits per heavy atom. The van der Waals surface area contributed by atoms with Crippen LogP contribution in [0, 0.1) is 0 Å². The summed E-state index contributed by atoms with van der Waals surface area (Å²) in [7, 11) is 0. The number of nitrogens with zero attached hydrogens (tertiary/aromatic N) is 1. The normalized spacial score (nSPS) is 14.6. The Hall–Kier alpha value is -6.84. The van der Waals surface area contributed by atoms with Crippen molar-refractivity contribution >= 4 is 60.9 Å². The molecule has 3 heteroatoms. The summed E-state index contributed by atoms with van der Waals surface area (Å²) in [5.41, 5.74) is 19.2. The van der Waals surface area contributed by atoms with Crippen molar-refractivity contribution in [2.45, 2.75) is 38.5 Å². The van der Waals surface area contributed by atoms with Crippen molar-refractivity contribution < 1.29 is 8.83 Å². The van der Waals surface area contributed by atoms with Crippen LogP contribution in [-0.2, 0) is 10.8 Å². The van der Waals surface area contributed by atoms with Crippen LogP contribution in [0.1, 0.15) is 49.9 Å². The van der Waals surface area contributed by atoms with Crippen LogP contribution < -0.4 is 4.90 Å². The SMILES string of the molecule is CC1(C)c2ccccc2-c2ccc(-c3c(N(c4ccccc4)c4ccc5c(c4)C(C)(C)c4ccccc4-5)ccc4c3oc3ccc5oc6ccccc6c5c34)cc21. The number of hydrogen-bond donors (Lipinski definition) is 0. The van der Waals surface area contributed by atoms with E-state index in [9.17, 15) is 0 Å². The molecule has 0 fully saturated rings. The van der Waals surface area contributed by atoms with Crippen molar-refractivity contribution in [2.24, 2.45) is 0 Å². The van der Waals surface area contributed by atoms with Gasteiger partial charge in [0, 0.05) is 49.3 Å². The number of anilines is 3. The van der Waals surface area contributed by atoms with Crippen LogP contribution in [0.25, 0.3) is 77.3 Å². The lowest BCUT2D eigenvalue weighted by Gasteiger charge is -2.30. The molecule has 0 aliphatic heterocycles. The Balaban J connectivity index is 1.17. The Kier molecular flexibility index (Phi) is 6.46. The van der Waals surface area contributed by atoms with Gasteiger partial charge in [-0.1, -0.05) is 131 Å². The monoisotopic (exact) mass is 733 g/mol. The van der Waals surface area contributed by atoms with Crippen molar-refractivity contribution in [1.82, 2.24) is 0 Å². The summed E-state index contributed by atoms with van der Waals surface area (Å²) in [4.78, 5) is 2.43. The molecule has 0 saturated heterocycles. The summed E-state index contributed by atoms with van der Waals surface area (Å²) in [5, 5.41) is 4.34. The number of furan rings is 2. The van der Waals surface area contributed by atoms with Gasteiger partial charge in [-0.3, -0.25) is 0 Å². The van der Waals surface area contributed by atoms with Gasteiger partial charge in [-0.05, 0) is 111 Å². The number of para-hydroxylation sites is 2. The highest BCUT2D eigenvalue weighted by molar-refractivity contribution is 6.27. The van der Waals surface area contributed by atoms with Crippen LogP contribution >= 0.6 is 0 Å². The molecule has 0 atom stereocenters. The highest BCUT2D eigenvalue weighted by atomic mass is 16.3. The van der Waals surface area contributed by atoms with Crippen LogP contribution in [0.4, 0.5) is 17.1 Å². The summed E-state index contributed by atoms with van der Waals surface area (Å²) in [6.07, 6.45) is 0. The molecule has 0 amide bonds. The Labute approximate surface area is 331 Å². The lowest BCUT2D eigenvalue weighted by molar-refractivity contribution is 0.660. The lowest BCUT2D eigenvalue weighted by Crippen LogP contribution is -2.17. The molecule has 0 unspecified atom stereocenters. The molecule has 10 aromatic rings. The number of fused-ring (bicyclic) bond motifs is 13. The van der Waals surface area contributed by atoms with Gasteiger partial charge in [0.15, 0.2) is 0 Å². The highest BCUT2D eigenvalue weighted by Crippen LogP contribution is 2.55. The second-order valence-corrected chi connectivity index (χ2v) is 16.9. The first-order valence-electron chi connectivity index (χ1n) is 19.9. The molecule has 12 rings (SSSR count). The summed E-state index contributed by atoms with van der Waals surface area (Å²) >= 11 is 0. The third-order valence-corrected chi connectivity index (χ3v) is 13.1. The first-order chi connectivity index (χ1) is 27.8. The molecule has 272 valence electrons. The van der Waals surface area contributed by atoms with Gasteiger partial charge in [0.05, 0.1) is 5.69 Å². The van der Waals surface area contributed by atoms with Gasteiger partial charge < -0.3 is 13.7 Å². The van der Waals surface area contributed by atoms with Gasteiger partial charge in [0.25, 0.3) is 0 Å². The number of rotatable bonds is 4. The van der Waals surface area contributed by atoms with Crippen molar-refractivity contribution in [3.8, 4) is 33.4 Å². The molecule has 2 heterocycles. The fourth-order valence-electron chi connectivity index (χ4n) is 10.3. The maximum absolute atomic E-state index is 7.14. The molecular weight excluding hydrogens is 695 g/mol. The summed E-state index contributed by atoms with van der Waals surface area (Å²) in [5.74, 6) is 0. The van der Waals surface area contributed by atoms with E-state index in [1.807, 2.05) is 12.1 Å². The molecule has 0 saturated carbocycles. The van der Waals surface area contributed by atoms with Crippen LogP contribution in [0.3, 0.4) is 0 Å². The fourth-order valence-corrected chi connectivity index (χ4v) is 10.3. The van der Waals surface area contributed by atoms with E-state index in [0.29, 0.717) is 0 Å². The van der Waals surface area contributed by atoms with Crippen LogP contribution in [-0.4, -0.2) is 0 Å². The smallest absolute Gasteiger partial charge is 0.145 e. The number of hydrogen-bond acceptors (Lipinski definition) is 3. The van der Waals surface area contributed by atoms with Crippen LogP contribution in [0.15, 0.2) is 173 Å².